The maximum absolute atomic E-state index is 6.31. The number of ether oxygens (including phenoxy) is 1. The lowest BCUT2D eigenvalue weighted by molar-refractivity contribution is 0.481. The molecule has 232 valence electrons. The second-order valence-electron chi connectivity index (χ2n) is 11.4. The standard InChI is InChI=1S/C43H34N4O/c1-3-4-6-11-32(2)33-18-20-36(21-19-33)38-28-44-46(30-38)40-14-9-16-42(26-40)48-43-17-10-15-41(27-43)47-31-39(29-45-47)37-24-22-35(23-25-37)34-12-7-5-8-13-34/h3-31H,1H2,2H3/b6-4-,32-11+. The van der Waals surface area contributed by atoms with E-state index >= 15 is 0 Å². The fourth-order valence-electron chi connectivity index (χ4n) is 5.53. The Labute approximate surface area is 281 Å². The van der Waals surface area contributed by atoms with Gasteiger partial charge in [0.05, 0.1) is 23.8 Å². The fourth-order valence-corrected chi connectivity index (χ4v) is 5.53. The molecule has 0 saturated heterocycles. The molecule has 5 nitrogen and oxygen atoms in total. The summed E-state index contributed by atoms with van der Waals surface area (Å²) in [4.78, 5) is 0. The van der Waals surface area contributed by atoms with Gasteiger partial charge < -0.3 is 4.74 Å². The van der Waals surface area contributed by atoms with Gasteiger partial charge in [-0.25, -0.2) is 9.36 Å². The predicted molar refractivity (Wildman–Crippen MR) is 196 cm³/mol. The molecule has 2 heterocycles. The Hall–Kier alpha value is -6.46. The van der Waals surface area contributed by atoms with Gasteiger partial charge in [0.2, 0.25) is 0 Å². The number of rotatable bonds is 10. The van der Waals surface area contributed by atoms with Crippen LogP contribution in [0.25, 0.3) is 50.3 Å². The van der Waals surface area contributed by atoms with E-state index in [9.17, 15) is 0 Å². The highest BCUT2D eigenvalue weighted by Crippen LogP contribution is 2.29. The van der Waals surface area contributed by atoms with Gasteiger partial charge in [-0.05, 0) is 64.6 Å². The smallest absolute Gasteiger partial charge is 0.129 e. The van der Waals surface area contributed by atoms with Crippen molar-refractivity contribution in [1.29, 1.82) is 0 Å². The van der Waals surface area contributed by atoms with Crippen molar-refractivity contribution < 1.29 is 4.74 Å². The highest BCUT2D eigenvalue weighted by Gasteiger charge is 2.09. The topological polar surface area (TPSA) is 44.9 Å². The van der Waals surface area contributed by atoms with E-state index in [2.05, 4.69) is 103 Å². The monoisotopic (exact) mass is 622 g/mol. The van der Waals surface area contributed by atoms with E-state index in [0.717, 1.165) is 45.1 Å². The van der Waals surface area contributed by atoms with Crippen molar-refractivity contribution in [2.24, 2.45) is 0 Å². The maximum Gasteiger partial charge on any atom is 0.129 e. The second kappa shape index (κ2) is 13.9. The van der Waals surface area contributed by atoms with Gasteiger partial charge in [-0.1, -0.05) is 122 Å². The third kappa shape index (κ3) is 6.86. The fraction of sp³-hybridized carbons (Fsp3) is 0.0233. The minimum absolute atomic E-state index is 0.721. The summed E-state index contributed by atoms with van der Waals surface area (Å²) >= 11 is 0. The van der Waals surface area contributed by atoms with Crippen molar-refractivity contribution in [3.63, 3.8) is 0 Å². The number of hydrogen-bond donors (Lipinski definition) is 0. The van der Waals surface area contributed by atoms with Crippen molar-refractivity contribution in [3.8, 4) is 56.3 Å². The molecule has 7 aromatic rings. The maximum atomic E-state index is 6.31. The molecule has 7 rings (SSSR count). The van der Waals surface area contributed by atoms with E-state index in [1.165, 1.54) is 22.3 Å². The minimum atomic E-state index is 0.721. The Morgan fingerprint density at radius 1 is 0.562 bits per heavy atom. The first-order valence-electron chi connectivity index (χ1n) is 15.8. The van der Waals surface area contributed by atoms with Gasteiger partial charge in [-0.3, -0.25) is 0 Å². The molecule has 0 saturated carbocycles. The van der Waals surface area contributed by atoms with Gasteiger partial charge in [0.15, 0.2) is 0 Å². The summed E-state index contributed by atoms with van der Waals surface area (Å²) in [5.41, 5.74) is 10.9. The largest absolute Gasteiger partial charge is 0.457 e. The molecule has 2 aromatic heterocycles. The lowest BCUT2D eigenvalue weighted by Gasteiger charge is -2.09. The highest BCUT2D eigenvalue weighted by molar-refractivity contribution is 5.71. The molecule has 0 bridgehead atoms. The Balaban J connectivity index is 1.04. The molecule has 0 radical (unpaired) electrons. The molecule has 0 N–H and O–H groups in total. The zero-order chi connectivity index (χ0) is 32.7. The minimum Gasteiger partial charge on any atom is -0.457 e. The molecule has 5 aromatic carbocycles. The van der Waals surface area contributed by atoms with Crippen LogP contribution in [0.2, 0.25) is 0 Å². The van der Waals surface area contributed by atoms with E-state index < -0.39 is 0 Å². The molecule has 0 unspecified atom stereocenters. The summed E-state index contributed by atoms with van der Waals surface area (Å²) in [6, 6.07) is 43.4. The van der Waals surface area contributed by atoms with Crippen molar-refractivity contribution in [1.82, 2.24) is 19.6 Å². The first-order valence-corrected chi connectivity index (χ1v) is 15.8. The Kier molecular flexibility index (Phi) is 8.74. The lowest BCUT2D eigenvalue weighted by atomic mass is 10.0. The Bertz CT molecular complexity index is 2220. The lowest BCUT2D eigenvalue weighted by Crippen LogP contribution is -1.96. The summed E-state index contributed by atoms with van der Waals surface area (Å²) < 4.78 is 10.1. The van der Waals surface area contributed by atoms with Gasteiger partial charge in [-0.15, -0.1) is 0 Å². The van der Waals surface area contributed by atoms with Crippen LogP contribution >= 0.6 is 0 Å². The molecule has 5 heteroatoms. The van der Waals surface area contributed by atoms with Crippen LogP contribution < -0.4 is 4.74 Å². The number of nitrogens with zero attached hydrogens (tertiary/aromatic N) is 4. The molecule has 0 aliphatic carbocycles. The molecule has 0 atom stereocenters. The highest BCUT2D eigenvalue weighted by atomic mass is 16.5. The SMILES string of the molecule is C=C/C=C\C=C(/C)c1ccc(-c2cnn(-c3cccc(Oc4cccc(-n5cc(-c6ccc(-c7ccccc7)cc6)cn5)c4)c3)c2)cc1. The van der Waals surface area contributed by atoms with Gasteiger partial charge in [-0.2, -0.15) is 10.2 Å². The number of allylic oxidation sites excluding steroid dienone is 5. The molecule has 48 heavy (non-hydrogen) atoms. The third-order valence-corrected chi connectivity index (χ3v) is 8.16. The summed E-state index contributed by atoms with van der Waals surface area (Å²) in [6.07, 6.45) is 15.6. The van der Waals surface area contributed by atoms with Gasteiger partial charge >= 0.3 is 0 Å². The van der Waals surface area contributed by atoms with Crippen LogP contribution in [-0.2, 0) is 0 Å². The van der Waals surface area contributed by atoms with Crippen LogP contribution in [0.4, 0.5) is 0 Å². The molecule has 0 spiro atoms. The second-order valence-corrected chi connectivity index (χ2v) is 11.4. The van der Waals surface area contributed by atoms with Gasteiger partial charge in [0, 0.05) is 35.7 Å². The summed E-state index contributed by atoms with van der Waals surface area (Å²) in [5, 5.41) is 9.28. The molecule has 0 fully saturated rings. The molecule has 0 amide bonds. The molecule has 0 aliphatic rings. The average molecular weight is 623 g/mol. The molecular weight excluding hydrogens is 589 g/mol. The third-order valence-electron chi connectivity index (χ3n) is 8.16. The van der Waals surface area contributed by atoms with Crippen LogP contribution in [0.15, 0.2) is 183 Å². The number of aromatic nitrogens is 4. The molecular formula is C43H34N4O. The number of benzene rings is 5. The van der Waals surface area contributed by atoms with E-state index in [0.29, 0.717) is 0 Å². The molecule has 0 aliphatic heterocycles. The van der Waals surface area contributed by atoms with Crippen molar-refractivity contribution in [2.75, 3.05) is 0 Å². The average Bonchev–Trinajstić information content (AvgIpc) is 3.84. The van der Waals surface area contributed by atoms with E-state index in [-0.39, 0.29) is 0 Å². The Morgan fingerprint density at radius 3 is 1.60 bits per heavy atom. The Morgan fingerprint density at radius 2 is 1.06 bits per heavy atom. The van der Waals surface area contributed by atoms with E-state index in [4.69, 9.17) is 4.74 Å². The van der Waals surface area contributed by atoms with E-state index in [1.807, 2.05) is 101 Å². The summed E-state index contributed by atoms with van der Waals surface area (Å²) in [6.45, 7) is 5.82. The van der Waals surface area contributed by atoms with E-state index in [1.54, 1.807) is 6.08 Å². The first kappa shape index (κ1) is 30.2. The summed E-state index contributed by atoms with van der Waals surface area (Å²) in [5.74, 6) is 1.44. The van der Waals surface area contributed by atoms with Crippen LogP contribution in [-0.4, -0.2) is 19.6 Å². The normalized spacial score (nSPS) is 11.6. The zero-order valence-electron chi connectivity index (χ0n) is 26.6. The quantitative estimate of drug-likeness (QED) is 0.143. The van der Waals surface area contributed by atoms with Gasteiger partial charge in [0.1, 0.15) is 11.5 Å². The van der Waals surface area contributed by atoms with Crippen LogP contribution in [0.5, 0.6) is 11.5 Å². The van der Waals surface area contributed by atoms with Crippen LogP contribution in [0, 0.1) is 0 Å². The first-order chi connectivity index (χ1) is 23.6. The predicted octanol–water partition coefficient (Wildman–Crippen LogP) is 11.0. The number of hydrogen-bond acceptors (Lipinski definition) is 3. The van der Waals surface area contributed by atoms with Crippen molar-refractivity contribution in [2.45, 2.75) is 6.92 Å². The van der Waals surface area contributed by atoms with Crippen LogP contribution in [0.1, 0.15) is 12.5 Å². The van der Waals surface area contributed by atoms with Crippen LogP contribution in [0.3, 0.4) is 0 Å². The van der Waals surface area contributed by atoms with Crippen molar-refractivity contribution >= 4 is 5.57 Å². The summed E-state index contributed by atoms with van der Waals surface area (Å²) in [7, 11) is 0. The van der Waals surface area contributed by atoms with Gasteiger partial charge in [0.25, 0.3) is 0 Å². The van der Waals surface area contributed by atoms with Crippen molar-refractivity contribution in [3.05, 3.63) is 189 Å². The zero-order valence-corrected chi connectivity index (χ0v) is 26.6.